The topological polar surface area (TPSA) is 225 Å². The molecule has 13 nitrogen and oxygen atoms in total. The van der Waals surface area contributed by atoms with Crippen LogP contribution in [0, 0.1) is 0 Å². The molecule has 214 valence electrons. The molecule has 0 atom stereocenters. The summed E-state index contributed by atoms with van der Waals surface area (Å²) >= 11 is 0. The van der Waals surface area contributed by atoms with E-state index in [2.05, 4.69) is 0 Å². The van der Waals surface area contributed by atoms with Crippen LogP contribution in [0.15, 0.2) is 48.6 Å². The second kappa shape index (κ2) is 15.3. The Morgan fingerprint density at radius 1 is 0.725 bits per heavy atom. The highest BCUT2D eigenvalue weighted by atomic mass is 16.5. The molecular formula is C27H28O13. The molecule has 0 amide bonds. The van der Waals surface area contributed by atoms with E-state index < -0.39 is 36.4 Å². The van der Waals surface area contributed by atoms with Crippen molar-refractivity contribution in [2.24, 2.45) is 0 Å². The van der Waals surface area contributed by atoms with Crippen LogP contribution in [0.3, 0.4) is 0 Å². The Morgan fingerprint density at radius 2 is 1.10 bits per heavy atom. The van der Waals surface area contributed by atoms with E-state index in [1.165, 1.54) is 38.5 Å². The number of methoxy groups -OCH3 is 2. The Labute approximate surface area is 227 Å². The number of ketones is 2. The molecule has 40 heavy (non-hydrogen) atoms. The van der Waals surface area contributed by atoms with Crippen LogP contribution in [0.5, 0.6) is 23.0 Å². The average Bonchev–Trinajstić information content (AvgIpc) is 2.87. The minimum atomic E-state index is -2.74. The van der Waals surface area contributed by atoms with Crippen LogP contribution in [-0.2, 0) is 24.0 Å². The minimum Gasteiger partial charge on any atom is -0.504 e. The molecule has 0 unspecified atom stereocenters. The minimum absolute atomic E-state index is 0.00662. The van der Waals surface area contributed by atoms with Crippen molar-refractivity contribution < 1.29 is 64.1 Å². The highest BCUT2D eigenvalue weighted by molar-refractivity contribution is 6.10. The van der Waals surface area contributed by atoms with Crippen LogP contribution in [0.2, 0.25) is 0 Å². The Bertz CT molecular complexity index is 1220. The second-order valence-electron chi connectivity index (χ2n) is 8.12. The third-order valence-electron chi connectivity index (χ3n) is 4.96. The highest BCUT2D eigenvalue weighted by Crippen LogP contribution is 2.27. The molecule has 0 fully saturated rings. The van der Waals surface area contributed by atoms with E-state index in [-0.39, 0.29) is 29.5 Å². The van der Waals surface area contributed by atoms with Gasteiger partial charge in [-0.25, -0.2) is 4.79 Å². The quantitative estimate of drug-likeness (QED) is 0.153. The summed E-state index contributed by atoms with van der Waals surface area (Å²) in [5.74, 6) is -5.10. The summed E-state index contributed by atoms with van der Waals surface area (Å²) in [6.45, 7) is 0. The molecule has 0 bridgehead atoms. The van der Waals surface area contributed by atoms with Gasteiger partial charge < -0.3 is 40.1 Å². The van der Waals surface area contributed by atoms with Crippen LogP contribution in [0.25, 0.3) is 12.2 Å². The average molecular weight is 561 g/mol. The van der Waals surface area contributed by atoms with Gasteiger partial charge in [0.2, 0.25) is 0 Å². The fraction of sp³-hybridized carbons (Fsp3) is 0.222. The maximum Gasteiger partial charge on any atom is 0.336 e. The van der Waals surface area contributed by atoms with E-state index in [1.54, 1.807) is 36.4 Å². The number of allylic oxidation sites excluding steroid dienone is 2. The van der Waals surface area contributed by atoms with Gasteiger partial charge >= 0.3 is 17.9 Å². The maximum atomic E-state index is 11.9. The molecule has 0 aliphatic carbocycles. The van der Waals surface area contributed by atoms with Crippen molar-refractivity contribution in [3.8, 4) is 23.0 Å². The van der Waals surface area contributed by atoms with Crippen molar-refractivity contribution in [1.82, 2.24) is 0 Å². The van der Waals surface area contributed by atoms with Gasteiger partial charge in [0.05, 0.1) is 33.5 Å². The molecule has 0 radical (unpaired) electrons. The first kappa shape index (κ1) is 32.9. The van der Waals surface area contributed by atoms with Gasteiger partial charge in [0, 0.05) is 0 Å². The first-order valence-corrected chi connectivity index (χ1v) is 11.3. The third kappa shape index (κ3) is 11.1. The van der Waals surface area contributed by atoms with Crippen molar-refractivity contribution >= 4 is 41.6 Å². The van der Waals surface area contributed by atoms with Crippen molar-refractivity contribution in [2.75, 3.05) is 14.2 Å². The molecule has 0 saturated heterocycles. The van der Waals surface area contributed by atoms with E-state index in [0.29, 0.717) is 22.6 Å². The number of phenols is 2. The lowest BCUT2D eigenvalue weighted by molar-refractivity contribution is -0.170. The van der Waals surface area contributed by atoms with Gasteiger partial charge in [-0.15, -0.1) is 0 Å². The number of ether oxygens (including phenoxy) is 2. The number of benzene rings is 2. The summed E-state index contributed by atoms with van der Waals surface area (Å²) in [7, 11) is 2.87. The zero-order valence-electron chi connectivity index (χ0n) is 21.4. The second-order valence-corrected chi connectivity index (χ2v) is 8.12. The molecule has 0 saturated carbocycles. The highest BCUT2D eigenvalue weighted by Gasteiger charge is 2.40. The lowest BCUT2D eigenvalue weighted by Gasteiger charge is -2.18. The molecule has 0 aliphatic rings. The third-order valence-corrected chi connectivity index (χ3v) is 4.96. The summed E-state index contributed by atoms with van der Waals surface area (Å²) in [5, 5.41) is 52.9. The predicted octanol–water partition coefficient (Wildman–Crippen LogP) is 2.12. The number of aromatic hydroxyl groups is 2. The van der Waals surface area contributed by atoms with E-state index >= 15 is 0 Å². The lowest BCUT2D eigenvalue weighted by Crippen LogP contribution is -2.42. The van der Waals surface area contributed by atoms with E-state index in [1.807, 2.05) is 0 Å². The van der Waals surface area contributed by atoms with Crippen molar-refractivity contribution in [3.63, 3.8) is 0 Å². The summed E-state index contributed by atoms with van der Waals surface area (Å²) in [4.78, 5) is 54.3. The smallest absolute Gasteiger partial charge is 0.336 e. The number of hydrogen-bond donors (Lipinski definition) is 6. The van der Waals surface area contributed by atoms with Crippen LogP contribution in [0.4, 0.5) is 0 Å². The van der Waals surface area contributed by atoms with Crippen molar-refractivity contribution in [3.05, 3.63) is 59.7 Å². The number of carboxylic acids is 3. The number of carbonyl (C=O) groups excluding carboxylic acids is 2. The fourth-order valence-corrected chi connectivity index (χ4v) is 2.98. The van der Waals surface area contributed by atoms with Crippen LogP contribution >= 0.6 is 0 Å². The zero-order chi connectivity index (χ0) is 30.5. The molecule has 0 aromatic heterocycles. The zero-order valence-corrected chi connectivity index (χ0v) is 21.4. The van der Waals surface area contributed by atoms with Crippen LogP contribution < -0.4 is 9.47 Å². The molecule has 0 aliphatic heterocycles. The molecule has 2 rings (SSSR count). The van der Waals surface area contributed by atoms with Gasteiger partial charge in [0.15, 0.2) is 40.2 Å². The Hall–Kier alpha value is -5.17. The number of aliphatic carboxylic acids is 3. The standard InChI is InChI=1S/C21H20O6.C6H8O7/c1-26-20-11-14(5-9-18(20)24)3-7-16(22)13-17(23)8-4-15-6-10-19(25)21(12-15)27-2;7-3(8)1-6(13,5(11)12)2-4(9)10/h3-12,24-25H,13H2,1-2H3;13H,1-2H2,(H,7,8)(H,9,10)(H,11,12)/b7-3+,8-4+;. The molecular weight excluding hydrogens is 532 g/mol. The Kier molecular flexibility index (Phi) is 12.6. The largest absolute Gasteiger partial charge is 0.504 e. The number of hydrogen-bond acceptors (Lipinski definition) is 10. The van der Waals surface area contributed by atoms with E-state index in [4.69, 9.17) is 29.9 Å². The predicted molar refractivity (Wildman–Crippen MR) is 139 cm³/mol. The SMILES string of the molecule is COc1cc(/C=C/C(=O)CC(=O)/C=C/c2ccc(O)c(OC)c2)ccc1O.O=C(O)CC(O)(CC(=O)O)C(=O)O. The monoisotopic (exact) mass is 560 g/mol. The number of aliphatic hydroxyl groups is 1. The maximum absolute atomic E-state index is 11.9. The summed E-state index contributed by atoms with van der Waals surface area (Å²) < 4.78 is 10.00. The Balaban J connectivity index is 0.000000520. The van der Waals surface area contributed by atoms with Gasteiger partial charge in [-0.05, 0) is 47.5 Å². The number of carbonyl (C=O) groups is 5. The first-order chi connectivity index (χ1) is 18.7. The molecule has 13 heteroatoms. The van der Waals surface area contributed by atoms with Gasteiger partial charge in [0.1, 0.15) is 0 Å². The molecule has 0 heterocycles. The summed E-state index contributed by atoms with van der Waals surface area (Å²) in [6, 6.07) is 9.34. The normalized spacial score (nSPS) is 11.0. The van der Waals surface area contributed by atoms with Crippen molar-refractivity contribution in [1.29, 1.82) is 0 Å². The Morgan fingerprint density at radius 3 is 1.40 bits per heavy atom. The molecule has 6 N–H and O–H groups in total. The van der Waals surface area contributed by atoms with Crippen LogP contribution in [-0.4, -0.2) is 79.9 Å². The first-order valence-electron chi connectivity index (χ1n) is 11.3. The summed E-state index contributed by atoms with van der Waals surface area (Å²) in [6.07, 6.45) is 3.15. The van der Waals surface area contributed by atoms with Gasteiger partial charge in [-0.3, -0.25) is 19.2 Å². The molecule has 2 aromatic carbocycles. The van der Waals surface area contributed by atoms with Crippen molar-refractivity contribution in [2.45, 2.75) is 24.9 Å². The van der Waals surface area contributed by atoms with Gasteiger partial charge in [0.25, 0.3) is 0 Å². The van der Waals surface area contributed by atoms with Gasteiger partial charge in [-0.2, -0.15) is 0 Å². The molecule has 2 aromatic rings. The van der Waals surface area contributed by atoms with E-state index in [0.717, 1.165) is 0 Å². The fourth-order valence-electron chi connectivity index (χ4n) is 2.98. The number of rotatable bonds is 13. The number of phenolic OH excluding ortho intramolecular Hbond substituents is 2. The van der Waals surface area contributed by atoms with E-state index in [9.17, 15) is 34.2 Å². The lowest BCUT2D eigenvalue weighted by atomic mass is 9.96. The molecule has 0 spiro atoms. The van der Waals surface area contributed by atoms with Gasteiger partial charge in [-0.1, -0.05) is 24.3 Å². The van der Waals surface area contributed by atoms with Crippen LogP contribution in [0.1, 0.15) is 30.4 Å². The summed E-state index contributed by atoms with van der Waals surface area (Å²) in [5.41, 5.74) is -1.41. The number of carboxylic acid groups (broad SMARTS) is 3.